The Morgan fingerprint density at radius 1 is 1.39 bits per heavy atom. The summed E-state index contributed by atoms with van der Waals surface area (Å²) >= 11 is 0. The highest BCUT2D eigenvalue weighted by atomic mass is 16.6. The molecule has 0 radical (unpaired) electrons. The Kier molecular flexibility index (Phi) is 3.90. The van der Waals surface area contributed by atoms with Gasteiger partial charge >= 0.3 is 5.97 Å². The normalized spacial score (nSPS) is 17.7. The van der Waals surface area contributed by atoms with Crippen molar-refractivity contribution in [1.82, 2.24) is 5.16 Å². The van der Waals surface area contributed by atoms with Gasteiger partial charge in [-0.25, -0.2) is 4.79 Å². The SMILES string of the molecule is Cc1cc(C(=O)O[C@@H](C)C(=O)N2c3ccccc3C[C@H]2C)on1. The molecule has 1 amide bonds. The molecule has 1 aliphatic heterocycles. The Morgan fingerprint density at radius 3 is 2.83 bits per heavy atom. The van der Waals surface area contributed by atoms with Crippen LogP contribution >= 0.6 is 0 Å². The number of aryl methyl sites for hydroxylation is 1. The summed E-state index contributed by atoms with van der Waals surface area (Å²) < 4.78 is 10.1. The molecular weight excluding hydrogens is 296 g/mol. The van der Waals surface area contributed by atoms with E-state index in [2.05, 4.69) is 5.16 Å². The lowest BCUT2D eigenvalue weighted by Crippen LogP contribution is -2.43. The molecule has 0 N–H and O–H groups in total. The van der Waals surface area contributed by atoms with Crippen LogP contribution in [0.25, 0.3) is 0 Å². The highest BCUT2D eigenvalue weighted by molar-refractivity contribution is 6.00. The molecule has 6 nitrogen and oxygen atoms in total. The average molecular weight is 314 g/mol. The second-order valence-electron chi connectivity index (χ2n) is 5.77. The number of nitrogens with zero attached hydrogens (tertiary/aromatic N) is 2. The molecule has 120 valence electrons. The predicted molar refractivity (Wildman–Crippen MR) is 83.2 cm³/mol. The second kappa shape index (κ2) is 5.87. The highest BCUT2D eigenvalue weighted by Crippen LogP contribution is 2.32. The van der Waals surface area contributed by atoms with Gasteiger partial charge in [-0.1, -0.05) is 23.4 Å². The number of hydrogen-bond acceptors (Lipinski definition) is 5. The van der Waals surface area contributed by atoms with Gasteiger partial charge in [0.05, 0.1) is 5.69 Å². The third-order valence-corrected chi connectivity index (χ3v) is 3.91. The fourth-order valence-corrected chi connectivity index (χ4v) is 2.83. The van der Waals surface area contributed by atoms with Crippen molar-refractivity contribution < 1.29 is 18.8 Å². The van der Waals surface area contributed by atoms with E-state index in [4.69, 9.17) is 9.26 Å². The van der Waals surface area contributed by atoms with Crippen molar-refractivity contribution in [1.29, 1.82) is 0 Å². The van der Waals surface area contributed by atoms with Gasteiger partial charge in [-0.15, -0.1) is 0 Å². The molecule has 6 heteroatoms. The van der Waals surface area contributed by atoms with E-state index in [0.717, 1.165) is 17.7 Å². The first kappa shape index (κ1) is 15.3. The number of para-hydroxylation sites is 1. The molecule has 0 aliphatic carbocycles. The summed E-state index contributed by atoms with van der Waals surface area (Å²) in [6.45, 7) is 5.25. The number of benzene rings is 1. The number of amides is 1. The van der Waals surface area contributed by atoms with Crippen LogP contribution in [-0.4, -0.2) is 29.2 Å². The van der Waals surface area contributed by atoms with Crippen molar-refractivity contribution in [2.45, 2.75) is 39.3 Å². The maximum atomic E-state index is 12.7. The molecular formula is C17H18N2O4. The van der Waals surface area contributed by atoms with Crippen LogP contribution in [-0.2, 0) is 16.0 Å². The van der Waals surface area contributed by atoms with Gasteiger partial charge in [0.2, 0.25) is 5.76 Å². The Morgan fingerprint density at radius 2 is 2.13 bits per heavy atom. The van der Waals surface area contributed by atoms with E-state index in [0.29, 0.717) is 5.69 Å². The minimum atomic E-state index is -0.901. The molecule has 0 saturated carbocycles. The number of hydrogen-bond donors (Lipinski definition) is 0. The minimum Gasteiger partial charge on any atom is -0.447 e. The van der Waals surface area contributed by atoms with E-state index in [1.165, 1.54) is 6.07 Å². The lowest BCUT2D eigenvalue weighted by Gasteiger charge is -2.25. The summed E-state index contributed by atoms with van der Waals surface area (Å²) in [6.07, 6.45) is -0.106. The zero-order chi connectivity index (χ0) is 16.6. The lowest BCUT2D eigenvalue weighted by atomic mass is 10.1. The van der Waals surface area contributed by atoms with E-state index in [1.54, 1.807) is 18.7 Å². The third kappa shape index (κ3) is 2.84. The van der Waals surface area contributed by atoms with E-state index in [1.807, 2.05) is 31.2 Å². The van der Waals surface area contributed by atoms with Gasteiger partial charge < -0.3 is 14.2 Å². The summed E-state index contributed by atoms with van der Waals surface area (Å²) in [4.78, 5) is 26.4. The van der Waals surface area contributed by atoms with Gasteiger partial charge in [0.15, 0.2) is 6.10 Å². The van der Waals surface area contributed by atoms with Crippen molar-refractivity contribution in [2.24, 2.45) is 0 Å². The number of esters is 1. The van der Waals surface area contributed by atoms with Gasteiger partial charge in [-0.3, -0.25) is 4.79 Å². The van der Waals surface area contributed by atoms with Crippen LogP contribution in [0.2, 0.25) is 0 Å². The maximum Gasteiger partial charge on any atom is 0.377 e. The second-order valence-corrected chi connectivity index (χ2v) is 5.77. The van der Waals surface area contributed by atoms with Crippen molar-refractivity contribution >= 4 is 17.6 Å². The minimum absolute atomic E-state index is 0.00276. The summed E-state index contributed by atoms with van der Waals surface area (Å²) in [7, 11) is 0. The van der Waals surface area contributed by atoms with E-state index >= 15 is 0 Å². The molecule has 2 aromatic rings. The van der Waals surface area contributed by atoms with Crippen molar-refractivity contribution in [2.75, 3.05) is 4.90 Å². The Labute approximate surface area is 134 Å². The van der Waals surface area contributed by atoms with E-state index in [9.17, 15) is 9.59 Å². The van der Waals surface area contributed by atoms with Crippen molar-refractivity contribution in [3.8, 4) is 0 Å². The fraction of sp³-hybridized carbons (Fsp3) is 0.353. The van der Waals surface area contributed by atoms with Gasteiger partial charge in [0.25, 0.3) is 5.91 Å². The molecule has 2 heterocycles. The highest BCUT2D eigenvalue weighted by Gasteiger charge is 2.34. The van der Waals surface area contributed by atoms with E-state index in [-0.39, 0.29) is 17.7 Å². The summed E-state index contributed by atoms with van der Waals surface area (Å²) in [5, 5.41) is 3.64. The molecule has 3 rings (SSSR count). The van der Waals surface area contributed by atoms with Crippen LogP contribution in [0, 0.1) is 6.92 Å². The maximum absolute atomic E-state index is 12.7. The molecule has 1 aliphatic rings. The van der Waals surface area contributed by atoms with Crippen LogP contribution in [0.15, 0.2) is 34.9 Å². The summed E-state index contributed by atoms with van der Waals surface area (Å²) in [6, 6.07) is 9.28. The number of carbonyl (C=O) groups excluding carboxylic acids is 2. The number of aromatic nitrogens is 1. The van der Waals surface area contributed by atoms with Gasteiger partial charge in [-0.05, 0) is 38.8 Å². The molecule has 1 aromatic carbocycles. The standard InChI is InChI=1S/C17H18N2O4/c1-10-8-15(23-18-10)17(21)22-12(3)16(20)19-11(2)9-13-6-4-5-7-14(13)19/h4-8,11-12H,9H2,1-3H3/t11-,12+/m1/s1. The molecule has 1 aromatic heterocycles. The molecule has 23 heavy (non-hydrogen) atoms. The van der Waals surface area contributed by atoms with Gasteiger partial charge in [0.1, 0.15) is 0 Å². The number of anilines is 1. The van der Waals surface area contributed by atoms with Crippen LogP contribution < -0.4 is 4.90 Å². The Hall–Kier alpha value is -2.63. The van der Waals surface area contributed by atoms with E-state index < -0.39 is 12.1 Å². The van der Waals surface area contributed by atoms with Crippen molar-refractivity contribution in [3.05, 3.63) is 47.3 Å². The topological polar surface area (TPSA) is 72.6 Å². The molecule has 0 fully saturated rings. The fourth-order valence-electron chi connectivity index (χ4n) is 2.83. The summed E-state index contributed by atoms with van der Waals surface area (Å²) in [5.74, 6) is -0.935. The zero-order valence-electron chi connectivity index (χ0n) is 13.3. The molecule has 0 unspecified atom stereocenters. The first-order chi connectivity index (χ1) is 11.0. The number of rotatable bonds is 3. The Bertz CT molecular complexity index is 753. The number of fused-ring (bicyclic) bond motifs is 1. The molecule has 0 spiro atoms. The molecule has 2 atom stereocenters. The zero-order valence-corrected chi connectivity index (χ0v) is 13.3. The average Bonchev–Trinajstić information content (AvgIpc) is 3.09. The Balaban J connectivity index is 1.74. The first-order valence-electron chi connectivity index (χ1n) is 7.52. The summed E-state index contributed by atoms with van der Waals surface area (Å²) in [5.41, 5.74) is 2.58. The predicted octanol–water partition coefficient (Wildman–Crippen LogP) is 2.51. The van der Waals surface area contributed by atoms with Gasteiger partial charge in [-0.2, -0.15) is 0 Å². The molecule has 0 saturated heterocycles. The third-order valence-electron chi connectivity index (χ3n) is 3.91. The monoisotopic (exact) mass is 314 g/mol. The van der Waals surface area contributed by atoms with Crippen LogP contribution in [0.3, 0.4) is 0 Å². The van der Waals surface area contributed by atoms with Crippen molar-refractivity contribution in [3.63, 3.8) is 0 Å². The lowest BCUT2D eigenvalue weighted by molar-refractivity contribution is -0.126. The molecule has 0 bridgehead atoms. The quantitative estimate of drug-likeness (QED) is 0.814. The first-order valence-corrected chi connectivity index (χ1v) is 7.52. The van der Waals surface area contributed by atoms with Crippen LogP contribution in [0.5, 0.6) is 0 Å². The van der Waals surface area contributed by atoms with Crippen LogP contribution in [0.1, 0.15) is 35.7 Å². The van der Waals surface area contributed by atoms with Gasteiger partial charge in [0, 0.05) is 17.8 Å². The number of ether oxygens (including phenoxy) is 1. The number of carbonyl (C=O) groups is 2. The van der Waals surface area contributed by atoms with Crippen LogP contribution in [0.4, 0.5) is 5.69 Å². The largest absolute Gasteiger partial charge is 0.447 e. The smallest absolute Gasteiger partial charge is 0.377 e.